The molecule has 0 amide bonds. The third-order valence-electron chi connectivity index (χ3n) is 2.49. The average molecular weight is 272 g/mol. The first-order valence-corrected chi connectivity index (χ1v) is 5.82. The van der Waals surface area contributed by atoms with E-state index < -0.39 is 6.29 Å². The van der Waals surface area contributed by atoms with E-state index in [0.29, 0.717) is 13.1 Å². The van der Waals surface area contributed by atoms with E-state index in [1.165, 1.54) is 12.1 Å². The van der Waals surface area contributed by atoms with Gasteiger partial charge >= 0.3 is 0 Å². The summed E-state index contributed by atoms with van der Waals surface area (Å²) in [7, 11) is 3.09. The smallest absolute Gasteiger partial charge is 0.174 e. The quantitative estimate of drug-likeness (QED) is 0.628. The highest BCUT2D eigenvalue weighted by molar-refractivity contribution is 7.80. The van der Waals surface area contributed by atoms with Crippen molar-refractivity contribution in [2.24, 2.45) is 5.73 Å². The van der Waals surface area contributed by atoms with Gasteiger partial charge in [-0.05, 0) is 29.9 Å². The van der Waals surface area contributed by atoms with Gasteiger partial charge in [-0.3, -0.25) is 0 Å². The Morgan fingerprint density at radius 1 is 1.33 bits per heavy atom. The zero-order chi connectivity index (χ0) is 13.5. The number of benzene rings is 1. The van der Waals surface area contributed by atoms with Crippen LogP contribution in [0.4, 0.5) is 4.39 Å². The fourth-order valence-electron chi connectivity index (χ4n) is 1.47. The molecule has 0 heterocycles. The molecule has 0 saturated carbocycles. The van der Waals surface area contributed by atoms with Crippen molar-refractivity contribution >= 4 is 17.3 Å². The number of thiocarbonyl (C=S) groups is 1. The van der Waals surface area contributed by atoms with Crippen molar-refractivity contribution in [3.63, 3.8) is 0 Å². The largest absolute Gasteiger partial charge is 0.376 e. The minimum atomic E-state index is -0.410. The van der Waals surface area contributed by atoms with Crippen molar-refractivity contribution in [3.05, 3.63) is 35.6 Å². The third kappa shape index (κ3) is 4.56. The van der Waals surface area contributed by atoms with E-state index in [0.717, 1.165) is 5.56 Å². The molecular weight excluding hydrogens is 255 g/mol. The summed E-state index contributed by atoms with van der Waals surface area (Å²) >= 11 is 4.97. The monoisotopic (exact) mass is 272 g/mol. The van der Waals surface area contributed by atoms with Crippen molar-refractivity contribution < 1.29 is 13.9 Å². The number of nitrogens with zero attached hydrogens (tertiary/aromatic N) is 1. The maximum atomic E-state index is 12.8. The summed E-state index contributed by atoms with van der Waals surface area (Å²) in [5, 5.41) is 0.249. The Balaban J connectivity index is 2.68. The second-order valence-corrected chi connectivity index (χ2v) is 4.16. The predicted molar refractivity (Wildman–Crippen MR) is 71.4 cm³/mol. The molecule has 100 valence electrons. The SMILES string of the molecule is COC(CN(Cc1ccc(F)cc1)C(N)=S)OC. The molecule has 18 heavy (non-hydrogen) atoms. The second kappa shape index (κ2) is 7.25. The molecular formula is C12H17FN2O2S. The van der Waals surface area contributed by atoms with Crippen LogP contribution >= 0.6 is 12.2 Å². The fourth-order valence-corrected chi connectivity index (χ4v) is 1.61. The van der Waals surface area contributed by atoms with Crippen molar-refractivity contribution in [1.82, 2.24) is 4.90 Å². The van der Waals surface area contributed by atoms with Gasteiger partial charge in [-0.15, -0.1) is 0 Å². The summed E-state index contributed by atoms with van der Waals surface area (Å²) in [5.74, 6) is -0.271. The van der Waals surface area contributed by atoms with E-state index in [1.54, 1.807) is 31.3 Å². The van der Waals surface area contributed by atoms with E-state index >= 15 is 0 Å². The van der Waals surface area contributed by atoms with Crippen LogP contribution in [0.5, 0.6) is 0 Å². The topological polar surface area (TPSA) is 47.7 Å². The van der Waals surface area contributed by atoms with Crippen LogP contribution < -0.4 is 5.73 Å². The zero-order valence-electron chi connectivity index (χ0n) is 10.4. The van der Waals surface area contributed by atoms with E-state index in [1.807, 2.05) is 0 Å². The number of halogens is 1. The average Bonchev–Trinajstić information content (AvgIpc) is 2.36. The molecule has 6 heteroatoms. The molecule has 1 rings (SSSR count). The predicted octanol–water partition coefficient (Wildman–Crippen LogP) is 1.49. The molecule has 0 fully saturated rings. The molecule has 0 spiro atoms. The number of hydrogen-bond donors (Lipinski definition) is 1. The third-order valence-corrected chi connectivity index (χ3v) is 2.75. The van der Waals surface area contributed by atoms with Gasteiger partial charge in [0.2, 0.25) is 0 Å². The Bertz CT molecular complexity index is 382. The molecule has 2 N–H and O–H groups in total. The van der Waals surface area contributed by atoms with E-state index in [-0.39, 0.29) is 10.9 Å². The van der Waals surface area contributed by atoms with Gasteiger partial charge < -0.3 is 20.1 Å². The molecule has 0 aliphatic rings. The van der Waals surface area contributed by atoms with Gasteiger partial charge in [0.05, 0.1) is 6.54 Å². The minimum absolute atomic E-state index is 0.249. The lowest BCUT2D eigenvalue weighted by molar-refractivity contribution is -0.110. The van der Waals surface area contributed by atoms with E-state index in [2.05, 4.69) is 0 Å². The fraction of sp³-hybridized carbons (Fsp3) is 0.417. The summed E-state index contributed by atoms with van der Waals surface area (Å²) in [6.07, 6.45) is -0.410. The Labute approximate surface area is 111 Å². The lowest BCUT2D eigenvalue weighted by Crippen LogP contribution is -2.41. The van der Waals surface area contributed by atoms with Crippen LogP contribution in [0.15, 0.2) is 24.3 Å². The molecule has 0 unspecified atom stereocenters. The van der Waals surface area contributed by atoms with Crippen LogP contribution in [-0.4, -0.2) is 37.1 Å². The van der Waals surface area contributed by atoms with Crippen LogP contribution in [0.1, 0.15) is 5.56 Å². The highest BCUT2D eigenvalue weighted by Gasteiger charge is 2.14. The van der Waals surface area contributed by atoms with Gasteiger partial charge in [0.25, 0.3) is 0 Å². The van der Waals surface area contributed by atoms with Gasteiger partial charge in [0.1, 0.15) is 5.82 Å². The number of hydrogen-bond acceptors (Lipinski definition) is 3. The van der Waals surface area contributed by atoms with Crippen molar-refractivity contribution in [2.75, 3.05) is 20.8 Å². The van der Waals surface area contributed by atoms with E-state index in [9.17, 15) is 4.39 Å². The Morgan fingerprint density at radius 3 is 2.33 bits per heavy atom. The Kier molecular flexibility index (Phi) is 5.97. The lowest BCUT2D eigenvalue weighted by atomic mass is 10.2. The molecule has 0 bridgehead atoms. The van der Waals surface area contributed by atoms with Gasteiger partial charge in [-0.2, -0.15) is 0 Å². The first kappa shape index (κ1) is 14.8. The van der Waals surface area contributed by atoms with Crippen molar-refractivity contribution in [3.8, 4) is 0 Å². The summed E-state index contributed by atoms with van der Waals surface area (Å²) in [5.41, 5.74) is 6.56. The van der Waals surface area contributed by atoms with E-state index in [4.69, 9.17) is 27.4 Å². The van der Waals surface area contributed by atoms with Crippen LogP contribution in [0.25, 0.3) is 0 Å². The molecule has 0 radical (unpaired) electrons. The molecule has 0 aliphatic heterocycles. The molecule has 1 aromatic carbocycles. The number of nitrogens with two attached hydrogens (primary N) is 1. The Hall–Kier alpha value is -1.24. The molecule has 0 aliphatic carbocycles. The highest BCUT2D eigenvalue weighted by atomic mass is 32.1. The summed E-state index contributed by atoms with van der Waals surface area (Å²) in [6.45, 7) is 0.901. The summed E-state index contributed by atoms with van der Waals surface area (Å²) < 4.78 is 23.0. The standard InChI is InChI=1S/C12H17FN2O2S/c1-16-11(17-2)8-15(12(14)18)7-9-3-5-10(13)6-4-9/h3-6,11H,7-8H2,1-2H3,(H2,14,18). The maximum absolute atomic E-state index is 12.8. The molecule has 1 aromatic rings. The molecule has 4 nitrogen and oxygen atoms in total. The van der Waals surface area contributed by atoms with Crippen LogP contribution in [-0.2, 0) is 16.0 Å². The molecule has 0 saturated heterocycles. The zero-order valence-corrected chi connectivity index (χ0v) is 11.2. The van der Waals surface area contributed by atoms with Crippen LogP contribution in [0.2, 0.25) is 0 Å². The summed E-state index contributed by atoms with van der Waals surface area (Å²) in [6, 6.07) is 6.18. The molecule has 0 aromatic heterocycles. The number of rotatable bonds is 6. The van der Waals surface area contributed by atoms with Gasteiger partial charge in [-0.25, -0.2) is 4.39 Å². The summed E-state index contributed by atoms with van der Waals surface area (Å²) in [4.78, 5) is 1.74. The van der Waals surface area contributed by atoms with Crippen molar-refractivity contribution in [2.45, 2.75) is 12.8 Å². The van der Waals surface area contributed by atoms with Gasteiger partial charge in [-0.1, -0.05) is 12.1 Å². The highest BCUT2D eigenvalue weighted by Crippen LogP contribution is 2.08. The number of ether oxygens (including phenoxy) is 2. The normalized spacial score (nSPS) is 10.7. The van der Waals surface area contributed by atoms with Crippen LogP contribution in [0.3, 0.4) is 0 Å². The van der Waals surface area contributed by atoms with Gasteiger partial charge in [0, 0.05) is 20.8 Å². The first-order chi connectivity index (χ1) is 8.56. The lowest BCUT2D eigenvalue weighted by Gasteiger charge is -2.26. The molecule has 0 atom stereocenters. The Morgan fingerprint density at radius 2 is 1.89 bits per heavy atom. The maximum Gasteiger partial charge on any atom is 0.174 e. The first-order valence-electron chi connectivity index (χ1n) is 5.41. The minimum Gasteiger partial charge on any atom is -0.376 e. The number of methoxy groups -OCH3 is 2. The van der Waals surface area contributed by atoms with Crippen molar-refractivity contribution in [1.29, 1.82) is 0 Å². The second-order valence-electron chi connectivity index (χ2n) is 3.75. The van der Waals surface area contributed by atoms with Gasteiger partial charge in [0.15, 0.2) is 11.4 Å². The van der Waals surface area contributed by atoms with Crippen LogP contribution in [0, 0.1) is 5.82 Å².